The molecule has 1 aromatic rings. The van der Waals surface area contributed by atoms with Crippen molar-refractivity contribution in [3.05, 3.63) is 34.7 Å². The van der Waals surface area contributed by atoms with Crippen LogP contribution in [-0.2, 0) is 19.2 Å². The first-order valence-electron chi connectivity index (χ1n) is 7.81. The molecule has 2 aliphatic rings. The second kappa shape index (κ2) is 7.12. The Morgan fingerprint density at radius 3 is 2.48 bits per heavy atom. The van der Waals surface area contributed by atoms with Gasteiger partial charge in [0.25, 0.3) is 11.8 Å². The van der Waals surface area contributed by atoms with E-state index >= 15 is 0 Å². The number of amides is 2. The van der Waals surface area contributed by atoms with Crippen LogP contribution in [0.25, 0.3) is 5.57 Å². The Balaban J connectivity index is 2.03. The van der Waals surface area contributed by atoms with Crippen LogP contribution >= 0.6 is 24.0 Å². The molecule has 1 saturated heterocycles. The number of para-hydroxylation sites is 1. The average molecular weight is 404 g/mol. The van der Waals surface area contributed by atoms with Gasteiger partial charge in [0.15, 0.2) is 0 Å². The number of thioether (sulfide) groups is 1. The van der Waals surface area contributed by atoms with Gasteiger partial charge in [-0.1, -0.05) is 42.2 Å². The zero-order valence-corrected chi connectivity index (χ0v) is 15.6. The van der Waals surface area contributed by atoms with Crippen LogP contribution < -0.4 is 15.1 Å². The Labute approximate surface area is 163 Å². The van der Waals surface area contributed by atoms with Crippen molar-refractivity contribution in [1.82, 2.24) is 4.90 Å². The van der Waals surface area contributed by atoms with Crippen molar-refractivity contribution in [1.29, 1.82) is 0 Å². The summed E-state index contributed by atoms with van der Waals surface area (Å²) in [6.07, 6.45) is -0.990. The van der Waals surface area contributed by atoms with Crippen LogP contribution in [0.4, 0.5) is 5.69 Å². The number of fused-ring (bicyclic) bond motifs is 1. The first kappa shape index (κ1) is 19.1. The fourth-order valence-corrected chi connectivity index (χ4v) is 4.42. The van der Waals surface area contributed by atoms with Crippen molar-refractivity contribution < 1.29 is 29.4 Å². The van der Waals surface area contributed by atoms with E-state index in [1.54, 1.807) is 31.3 Å². The highest BCUT2D eigenvalue weighted by Crippen LogP contribution is 2.44. The lowest BCUT2D eigenvalue weighted by atomic mass is 10.1. The zero-order chi connectivity index (χ0) is 19.9. The number of likely N-dealkylation sites (N-methyl/N-ethyl adjacent to an activating group) is 1. The average Bonchev–Trinajstić information content (AvgIpc) is 3.03. The van der Waals surface area contributed by atoms with Gasteiger partial charge in [-0.2, -0.15) is 0 Å². The minimum Gasteiger partial charge on any atom is -0.550 e. The number of carbonyl (C=O) groups excluding carboxylic acids is 4. The molecule has 27 heavy (non-hydrogen) atoms. The van der Waals surface area contributed by atoms with Crippen molar-refractivity contribution in [3.8, 4) is 0 Å². The Kier molecular flexibility index (Phi) is 5.03. The van der Waals surface area contributed by atoms with E-state index in [9.17, 15) is 29.4 Å². The van der Waals surface area contributed by atoms with E-state index in [-0.39, 0.29) is 14.8 Å². The minimum absolute atomic E-state index is 0.0153. The fraction of sp³-hybridized carbons (Fsp3) is 0.235. The summed E-state index contributed by atoms with van der Waals surface area (Å²) in [6.45, 7) is 0. The number of aliphatic carboxylic acids is 2. The normalized spacial score (nSPS) is 20.3. The summed E-state index contributed by atoms with van der Waals surface area (Å²) in [5.41, 5.74) is 1.31. The molecule has 140 valence electrons. The molecule has 8 nitrogen and oxygen atoms in total. The molecule has 0 unspecified atom stereocenters. The summed E-state index contributed by atoms with van der Waals surface area (Å²) in [6, 6.07) is 5.33. The smallest absolute Gasteiger partial charge is 0.267 e. The maximum atomic E-state index is 12.9. The molecule has 0 bridgehead atoms. The molecule has 1 aromatic carbocycles. The Bertz CT molecular complexity index is 926. The van der Waals surface area contributed by atoms with E-state index < -0.39 is 42.6 Å². The minimum atomic E-state index is -1.63. The summed E-state index contributed by atoms with van der Waals surface area (Å²) in [5, 5.41) is 22.1. The standard InChI is InChI=1S/C17H14N2O6S2/c1-18-9-5-3-2-4-8(9)12(14(18)22)13-15(23)19(17(26)27-13)10(16(24)25)6-7-11(20)21/h2-5,10H,6-7H2,1H3,(H,20,21)(H,24,25)/p-2/b13-12-/t10-/m1/s1. The molecule has 0 aliphatic carbocycles. The van der Waals surface area contributed by atoms with Crippen molar-refractivity contribution in [2.45, 2.75) is 18.9 Å². The van der Waals surface area contributed by atoms with Crippen LogP contribution in [0.1, 0.15) is 18.4 Å². The van der Waals surface area contributed by atoms with Crippen LogP contribution in [-0.4, -0.2) is 46.1 Å². The molecule has 0 saturated carbocycles. The topological polar surface area (TPSA) is 121 Å². The van der Waals surface area contributed by atoms with Crippen molar-refractivity contribution in [2.24, 2.45) is 0 Å². The van der Waals surface area contributed by atoms with Crippen LogP contribution in [0.3, 0.4) is 0 Å². The summed E-state index contributed by atoms with van der Waals surface area (Å²) in [4.78, 5) is 49.9. The third-order valence-corrected chi connectivity index (χ3v) is 5.69. The SMILES string of the molecule is CN1C(=O)/C(=C2\SC(=S)N([C@H](CCC(=O)[O-])C(=O)[O-])C2=O)c2ccccc21. The lowest BCUT2D eigenvalue weighted by molar-refractivity contribution is -0.311. The number of hydrogen-bond donors (Lipinski definition) is 0. The summed E-state index contributed by atoms with van der Waals surface area (Å²) < 4.78 is -0.0742. The van der Waals surface area contributed by atoms with E-state index in [1.807, 2.05) is 0 Å². The van der Waals surface area contributed by atoms with Gasteiger partial charge in [0.2, 0.25) is 0 Å². The second-order valence-electron chi connectivity index (χ2n) is 5.87. The van der Waals surface area contributed by atoms with Crippen LogP contribution in [0.5, 0.6) is 0 Å². The van der Waals surface area contributed by atoms with Crippen molar-refractivity contribution in [2.75, 3.05) is 11.9 Å². The Morgan fingerprint density at radius 1 is 1.19 bits per heavy atom. The first-order chi connectivity index (χ1) is 12.7. The number of carboxylic acid groups (broad SMARTS) is 2. The fourth-order valence-electron chi connectivity index (χ4n) is 3.00. The summed E-state index contributed by atoms with van der Waals surface area (Å²) >= 11 is 5.94. The maximum absolute atomic E-state index is 12.9. The third kappa shape index (κ3) is 3.21. The number of anilines is 1. The van der Waals surface area contributed by atoms with Crippen molar-refractivity contribution in [3.63, 3.8) is 0 Å². The highest BCUT2D eigenvalue weighted by Gasteiger charge is 2.43. The lowest BCUT2D eigenvalue weighted by Crippen LogP contribution is -2.50. The number of nitrogens with zero attached hydrogens (tertiary/aromatic N) is 2. The number of rotatable bonds is 5. The predicted octanol–water partition coefficient (Wildman–Crippen LogP) is -1.12. The van der Waals surface area contributed by atoms with Crippen LogP contribution in [0.2, 0.25) is 0 Å². The number of benzene rings is 1. The molecular formula is C17H12N2O6S2-2. The molecule has 2 amide bonds. The van der Waals surface area contributed by atoms with Gasteiger partial charge < -0.3 is 24.7 Å². The summed E-state index contributed by atoms with van der Waals surface area (Å²) in [5.74, 6) is -4.25. The Hall–Kier alpha value is -2.72. The van der Waals surface area contributed by atoms with Crippen molar-refractivity contribution >= 4 is 63.3 Å². The summed E-state index contributed by atoms with van der Waals surface area (Å²) in [7, 11) is 1.57. The quantitative estimate of drug-likeness (QED) is 0.447. The van der Waals surface area contributed by atoms with Crippen LogP contribution in [0.15, 0.2) is 29.2 Å². The molecule has 2 aliphatic heterocycles. The highest BCUT2D eigenvalue weighted by atomic mass is 32.2. The van der Waals surface area contributed by atoms with Gasteiger partial charge >= 0.3 is 0 Å². The van der Waals surface area contributed by atoms with Gasteiger partial charge in [-0.05, 0) is 18.9 Å². The molecule has 0 spiro atoms. The molecule has 1 fully saturated rings. The van der Waals surface area contributed by atoms with Gasteiger partial charge in [0.05, 0.1) is 28.2 Å². The molecule has 3 rings (SSSR count). The number of hydrogen-bond acceptors (Lipinski definition) is 8. The van der Waals surface area contributed by atoms with Gasteiger partial charge in [0, 0.05) is 18.6 Å². The van der Waals surface area contributed by atoms with E-state index in [2.05, 4.69) is 0 Å². The predicted molar refractivity (Wildman–Crippen MR) is 96.8 cm³/mol. The van der Waals surface area contributed by atoms with Crippen LogP contribution in [0, 0.1) is 0 Å². The van der Waals surface area contributed by atoms with Gasteiger partial charge in [-0.15, -0.1) is 0 Å². The zero-order valence-electron chi connectivity index (χ0n) is 14.0. The number of thiocarbonyl (C=S) groups is 1. The second-order valence-corrected chi connectivity index (χ2v) is 7.52. The lowest BCUT2D eigenvalue weighted by Gasteiger charge is -2.27. The highest BCUT2D eigenvalue weighted by molar-refractivity contribution is 8.26. The largest absolute Gasteiger partial charge is 0.550 e. The monoisotopic (exact) mass is 404 g/mol. The molecule has 1 atom stereocenters. The molecule has 0 radical (unpaired) electrons. The molecule has 2 heterocycles. The van der Waals surface area contributed by atoms with E-state index in [4.69, 9.17) is 12.2 Å². The maximum Gasteiger partial charge on any atom is 0.267 e. The molecule has 10 heteroatoms. The number of carboxylic acids is 2. The molecular weight excluding hydrogens is 392 g/mol. The van der Waals surface area contributed by atoms with Gasteiger partial charge in [-0.25, -0.2) is 0 Å². The first-order valence-corrected chi connectivity index (χ1v) is 9.04. The van der Waals surface area contributed by atoms with E-state index in [0.717, 1.165) is 16.7 Å². The Morgan fingerprint density at radius 2 is 1.85 bits per heavy atom. The van der Waals surface area contributed by atoms with E-state index in [1.165, 1.54) is 4.90 Å². The number of carbonyl (C=O) groups is 4. The molecule has 0 aromatic heterocycles. The van der Waals surface area contributed by atoms with Gasteiger partial charge in [-0.3, -0.25) is 14.5 Å². The van der Waals surface area contributed by atoms with Gasteiger partial charge in [0.1, 0.15) is 4.32 Å². The third-order valence-electron chi connectivity index (χ3n) is 4.29. The van der Waals surface area contributed by atoms with E-state index in [0.29, 0.717) is 11.3 Å². The molecule has 0 N–H and O–H groups in total.